The van der Waals surface area contributed by atoms with E-state index in [1.165, 1.54) is 0 Å². The van der Waals surface area contributed by atoms with Crippen molar-refractivity contribution in [3.63, 3.8) is 0 Å². The highest BCUT2D eigenvalue weighted by Crippen LogP contribution is 2.19. The summed E-state index contributed by atoms with van der Waals surface area (Å²) in [5, 5.41) is 10.7. The standard InChI is InChI=1S/C12H10O2/c1-8-5-6-10-9(7-8)3-2-4-11(10)12(13)14/h2-7H,1H3,(H,13,14). The number of carboxylic acid groups (broad SMARTS) is 1. The van der Waals surface area contributed by atoms with Gasteiger partial charge >= 0.3 is 5.97 Å². The van der Waals surface area contributed by atoms with Crippen molar-refractivity contribution < 1.29 is 9.90 Å². The van der Waals surface area contributed by atoms with Crippen molar-refractivity contribution in [3.05, 3.63) is 47.5 Å². The normalized spacial score (nSPS) is 10.4. The molecule has 2 rings (SSSR count). The van der Waals surface area contributed by atoms with Gasteiger partial charge in [-0.05, 0) is 23.8 Å². The summed E-state index contributed by atoms with van der Waals surface area (Å²) < 4.78 is 0. The van der Waals surface area contributed by atoms with Gasteiger partial charge in [0.05, 0.1) is 5.56 Å². The van der Waals surface area contributed by atoms with E-state index in [-0.39, 0.29) is 0 Å². The third kappa shape index (κ3) is 1.35. The first-order valence-corrected chi connectivity index (χ1v) is 4.41. The van der Waals surface area contributed by atoms with Crippen LogP contribution in [-0.4, -0.2) is 11.1 Å². The Balaban J connectivity index is 2.81. The van der Waals surface area contributed by atoms with Crippen LogP contribution in [0.1, 0.15) is 15.9 Å². The van der Waals surface area contributed by atoms with Gasteiger partial charge in [-0.1, -0.05) is 35.9 Å². The summed E-state index contributed by atoms with van der Waals surface area (Å²) in [6, 6.07) is 11.1. The molecule has 2 aromatic rings. The maximum atomic E-state index is 10.9. The lowest BCUT2D eigenvalue weighted by Crippen LogP contribution is -1.96. The van der Waals surface area contributed by atoms with Crippen molar-refractivity contribution in [1.82, 2.24) is 0 Å². The zero-order chi connectivity index (χ0) is 10.1. The molecule has 0 aliphatic heterocycles. The van der Waals surface area contributed by atoms with Crippen LogP contribution in [0.15, 0.2) is 36.4 Å². The van der Waals surface area contributed by atoms with Gasteiger partial charge in [0, 0.05) is 0 Å². The Bertz CT molecular complexity index is 501. The van der Waals surface area contributed by atoms with Crippen molar-refractivity contribution in [2.24, 2.45) is 0 Å². The number of benzene rings is 2. The van der Waals surface area contributed by atoms with Crippen molar-refractivity contribution in [2.75, 3.05) is 0 Å². The lowest BCUT2D eigenvalue weighted by molar-refractivity contribution is 0.0699. The smallest absolute Gasteiger partial charge is 0.336 e. The molecule has 14 heavy (non-hydrogen) atoms. The summed E-state index contributed by atoms with van der Waals surface area (Å²) in [5.41, 5.74) is 1.50. The largest absolute Gasteiger partial charge is 0.478 e. The molecule has 0 saturated heterocycles. The Kier molecular flexibility index (Phi) is 1.97. The van der Waals surface area contributed by atoms with Gasteiger partial charge in [-0.25, -0.2) is 4.79 Å². The molecule has 0 heterocycles. The van der Waals surface area contributed by atoms with E-state index in [0.29, 0.717) is 5.56 Å². The molecule has 2 heteroatoms. The minimum absolute atomic E-state index is 0.363. The van der Waals surface area contributed by atoms with Crippen LogP contribution in [0, 0.1) is 6.92 Å². The van der Waals surface area contributed by atoms with Gasteiger partial charge in [-0.2, -0.15) is 0 Å². The fourth-order valence-corrected chi connectivity index (χ4v) is 1.59. The highest BCUT2D eigenvalue weighted by molar-refractivity contribution is 6.03. The van der Waals surface area contributed by atoms with Gasteiger partial charge in [0.15, 0.2) is 0 Å². The zero-order valence-corrected chi connectivity index (χ0v) is 7.82. The molecule has 0 aliphatic carbocycles. The van der Waals surface area contributed by atoms with Crippen molar-refractivity contribution in [2.45, 2.75) is 6.92 Å². The monoisotopic (exact) mass is 186 g/mol. The second kappa shape index (κ2) is 3.14. The third-order valence-corrected chi connectivity index (χ3v) is 2.27. The lowest BCUT2D eigenvalue weighted by Gasteiger charge is -2.02. The fourth-order valence-electron chi connectivity index (χ4n) is 1.59. The quantitative estimate of drug-likeness (QED) is 0.743. The van der Waals surface area contributed by atoms with Crippen LogP contribution >= 0.6 is 0 Å². The molecule has 0 radical (unpaired) electrons. The number of rotatable bonds is 1. The average molecular weight is 186 g/mol. The highest BCUT2D eigenvalue weighted by atomic mass is 16.4. The van der Waals surface area contributed by atoms with Gasteiger partial charge in [0.2, 0.25) is 0 Å². The minimum Gasteiger partial charge on any atom is -0.478 e. The van der Waals surface area contributed by atoms with Gasteiger partial charge < -0.3 is 5.11 Å². The molecule has 2 aromatic carbocycles. The highest BCUT2D eigenvalue weighted by Gasteiger charge is 2.06. The Labute approximate surface area is 81.8 Å². The number of hydrogen-bond acceptors (Lipinski definition) is 1. The van der Waals surface area contributed by atoms with E-state index in [4.69, 9.17) is 5.11 Å². The molecule has 2 nitrogen and oxygen atoms in total. The zero-order valence-electron chi connectivity index (χ0n) is 7.82. The van der Waals surface area contributed by atoms with Gasteiger partial charge in [-0.15, -0.1) is 0 Å². The fraction of sp³-hybridized carbons (Fsp3) is 0.0833. The molecule has 0 atom stereocenters. The summed E-state index contributed by atoms with van der Waals surface area (Å²) in [6.45, 7) is 1.99. The van der Waals surface area contributed by atoms with Crippen LogP contribution in [0.25, 0.3) is 10.8 Å². The summed E-state index contributed by atoms with van der Waals surface area (Å²) in [5.74, 6) is -0.876. The van der Waals surface area contributed by atoms with E-state index in [1.807, 2.05) is 31.2 Å². The molecule has 0 aromatic heterocycles. The molecule has 70 valence electrons. The number of aryl methyl sites for hydroxylation is 1. The first-order valence-electron chi connectivity index (χ1n) is 4.41. The molecule has 0 unspecified atom stereocenters. The van der Waals surface area contributed by atoms with Crippen LogP contribution in [0.4, 0.5) is 0 Å². The summed E-state index contributed by atoms with van der Waals surface area (Å²) in [6.07, 6.45) is 0. The van der Waals surface area contributed by atoms with Crippen LogP contribution in [-0.2, 0) is 0 Å². The number of carbonyl (C=O) groups is 1. The van der Waals surface area contributed by atoms with E-state index in [1.54, 1.807) is 12.1 Å². The van der Waals surface area contributed by atoms with Crippen LogP contribution < -0.4 is 0 Å². The third-order valence-electron chi connectivity index (χ3n) is 2.27. The maximum absolute atomic E-state index is 10.9. The van der Waals surface area contributed by atoms with Crippen LogP contribution in [0.3, 0.4) is 0 Å². The van der Waals surface area contributed by atoms with E-state index in [2.05, 4.69) is 0 Å². The average Bonchev–Trinajstić information content (AvgIpc) is 2.16. The van der Waals surface area contributed by atoms with Crippen molar-refractivity contribution in [3.8, 4) is 0 Å². The van der Waals surface area contributed by atoms with Crippen molar-refractivity contribution >= 4 is 16.7 Å². The summed E-state index contributed by atoms with van der Waals surface area (Å²) >= 11 is 0. The topological polar surface area (TPSA) is 37.3 Å². The Hall–Kier alpha value is -1.83. The number of hydrogen-bond donors (Lipinski definition) is 1. The maximum Gasteiger partial charge on any atom is 0.336 e. The van der Waals surface area contributed by atoms with Crippen LogP contribution in [0.2, 0.25) is 0 Å². The van der Waals surface area contributed by atoms with Gasteiger partial charge in [0.1, 0.15) is 0 Å². The predicted molar refractivity (Wildman–Crippen MR) is 55.6 cm³/mol. The van der Waals surface area contributed by atoms with Crippen molar-refractivity contribution in [1.29, 1.82) is 0 Å². The molecule has 0 fully saturated rings. The van der Waals surface area contributed by atoms with E-state index >= 15 is 0 Å². The predicted octanol–water partition coefficient (Wildman–Crippen LogP) is 2.85. The number of aromatic carboxylic acids is 1. The SMILES string of the molecule is Cc1ccc2c(C(=O)O)cccc2c1. The second-order valence-electron chi connectivity index (χ2n) is 3.34. The summed E-state index contributed by atoms with van der Waals surface area (Å²) in [4.78, 5) is 10.9. The second-order valence-corrected chi connectivity index (χ2v) is 3.34. The number of fused-ring (bicyclic) bond motifs is 1. The Morgan fingerprint density at radius 3 is 2.71 bits per heavy atom. The van der Waals surface area contributed by atoms with Gasteiger partial charge in [-0.3, -0.25) is 0 Å². The number of carboxylic acids is 1. The first kappa shape index (κ1) is 8.75. The molecule has 1 N–H and O–H groups in total. The Morgan fingerprint density at radius 2 is 2.00 bits per heavy atom. The molecule has 0 amide bonds. The van der Waals surface area contributed by atoms with Crippen LogP contribution in [0.5, 0.6) is 0 Å². The summed E-state index contributed by atoms with van der Waals surface area (Å²) in [7, 11) is 0. The molecule has 0 saturated carbocycles. The molecular formula is C12H10O2. The molecule has 0 bridgehead atoms. The first-order chi connectivity index (χ1) is 6.68. The molecule has 0 aliphatic rings. The lowest BCUT2D eigenvalue weighted by atomic mass is 10.0. The minimum atomic E-state index is -0.876. The van der Waals surface area contributed by atoms with E-state index in [9.17, 15) is 4.79 Å². The Morgan fingerprint density at radius 1 is 1.21 bits per heavy atom. The molecule has 0 spiro atoms. The van der Waals surface area contributed by atoms with E-state index < -0.39 is 5.97 Å². The molecular weight excluding hydrogens is 176 g/mol. The van der Waals surface area contributed by atoms with Gasteiger partial charge in [0.25, 0.3) is 0 Å². The van der Waals surface area contributed by atoms with E-state index in [0.717, 1.165) is 16.3 Å².